The Bertz CT molecular complexity index is 537. The predicted molar refractivity (Wildman–Crippen MR) is 97.4 cm³/mol. The summed E-state index contributed by atoms with van der Waals surface area (Å²) >= 11 is 0. The van der Waals surface area contributed by atoms with Gasteiger partial charge in [0.05, 0.1) is 12.2 Å². The van der Waals surface area contributed by atoms with Gasteiger partial charge in [-0.2, -0.15) is 0 Å². The van der Waals surface area contributed by atoms with Crippen molar-refractivity contribution < 1.29 is 9.63 Å². The predicted octanol–water partition coefficient (Wildman–Crippen LogP) is 3.00. The van der Waals surface area contributed by atoms with E-state index in [4.69, 9.17) is 4.52 Å². The van der Waals surface area contributed by atoms with Gasteiger partial charge in [-0.15, -0.1) is 0 Å². The van der Waals surface area contributed by atoms with Crippen molar-refractivity contribution in [1.29, 1.82) is 0 Å². The van der Waals surface area contributed by atoms with Crippen molar-refractivity contribution in [3.05, 3.63) is 17.5 Å². The minimum absolute atomic E-state index is 0.286. The maximum Gasteiger partial charge on any atom is 0.150 e. The molecule has 0 aromatic carbocycles. The summed E-state index contributed by atoms with van der Waals surface area (Å²) in [5, 5.41) is 13.8. The number of nitrogens with zero attached hydrogens (tertiary/aromatic N) is 3. The van der Waals surface area contributed by atoms with Crippen LogP contribution in [0.25, 0.3) is 0 Å². The fraction of sp³-hybridized carbons (Fsp3) is 0.850. The van der Waals surface area contributed by atoms with Crippen LogP contribution in [0.5, 0.6) is 0 Å². The molecule has 2 heterocycles. The Morgan fingerprint density at radius 2 is 1.96 bits per heavy atom. The molecule has 0 radical (unpaired) electrons. The number of aliphatic hydroxyl groups excluding tert-OH is 1. The van der Waals surface area contributed by atoms with E-state index in [0.29, 0.717) is 12.0 Å². The Hall–Kier alpha value is -0.910. The van der Waals surface area contributed by atoms with E-state index in [1.54, 1.807) is 0 Å². The van der Waals surface area contributed by atoms with Crippen LogP contribution in [-0.2, 0) is 6.54 Å². The Balaban J connectivity index is 1.32. The Morgan fingerprint density at radius 1 is 1.12 bits per heavy atom. The molecule has 1 aromatic rings. The summed E-state index contributed by atoms with van der Waals surface area (Å²) in [4.78, 5) is 5.09. The second-order valence-corrected chi connectivity index (χ2v) is 8.39. The molecular weight excluding hydrogens is 314 g/mol. The van der Waals surface area contributed by atoms with Crippen LogP contribution in [0.3, 0.4) is 0 Å². The number of aromatic nitrogens is 1. The lowest BCUT2D eigenvalue weighted by Crippen LogP contribution is -2.53. The first-order valence-electron chi connectivity index (χ1n) is 10.3. The maximum atomic E-state index is 9.44. The number of hydrogen-bond acceptors (Lipinski definition) is 5. The Morgan fingerprint density at radius 3 is 2.72 bits per heavy atom. The molecule has 5 heteroatoms. The smallest absolute Gasteiger partial charge is 0.150 e. The molecule has 3 aliphatic rings. The van der Waals surface area contributed by atoms with Crippen molar-refractivity contribution in [3.63, 3.8) is 0 Å². The van der Waals surface area contributed by atoms with Crippen LogP contribution in [0.1, 0.15) is 68.7 Å². The van der Waals surface area contributed by atoms with E-state index >= 15 is 0 Å². The van der Waals surface area contributed by atoms with Crippen LogP contribution in [0.4, 0.5) is 0 Å². The fourth-order valence-corrected chi connectivity index (χ4v) is 4.61. The van der Waals surface area contributed by atoms with Crippen LogP contribution in [0.15, 0.2) is 10.6 Å². The van der Waals surface area contributed by atoms with E-state index in [0.717, 1.165) is 44.3 Å². The van der Waals surface area contributed by atoms with Crippen molar-refractivity contribution >= 4 is 0 Å². The Labute approximate surface area is 151 Å². The first kappa shape index (κ1) is 17.5. The summed E-state index contributed by atoms with van der Waals surface area (Å²) in [5.41, 5.74) is 1.17. The summed E-state index contributed by atoms with van der Waals surface area (Å²) in [7, 11) is 0. The molecule has 1 aromatic heterocycles. The molecule has 1 N–H and O–H groups in total. The molecule has 2 saturated carbocycles. The van der Waals surface area contributed by atoms with Crippen molar-refractivity contribution in [3.8, 4) is 0 Å². The van der Waals surface area contributed by atoms with E-state index in [9.17, 15) is 5.11 Å². The van der Waals surface area contributed by atoms with E-state index in [1.165, 1.54) is 57.2 Å². The molecular formula is C20H33N3O2. The molecule has 0 bridgehead atoms. The average Bonchev–Trinajstić information content (AvgIpc) is 3.34. The van der Waals surface area contributed by atoms with Crippen molar-refractivity contribution in [2.45, 2.75) is 69.9 Å². The number of aliphatic hydroxyl groups is 1. The molecule has 1 unspecified atom stereocenters. The third-order valence-corrected chi connectivity index (χ3v) is 6.32. The van der Waals surface area contributed by atoms with Gasteiger partial charge in [-0.3, -0.25) is 9.80 Å². The van der Waals surface area contributed by atoms with Gasteiger partial charge in [0.2, 0.25) is 0 Å². The van der Waals surface area contributed by atoms with E-state index < -0.39 is 0 Å². The lowest BCUT2D eigenvalue weighted by Gasteiger charge is -2.41. The maximum absolute atomic E-state index is 9.44. The zero-order valence-electron chi connectivity index (χ0n) is 15.4. The summed E-state index contributed by atoms with van der Waals surface area (Å²) in [6, 6.07) is 2.69. The molecule has 2 aliphatic carbocycles. The second-order valence-electron chi connectivity index (χ2n) is 8.39. The molecule has 25 heavy (non-hydrogen) atoms. The molecule has 4 rings (SSSR count). The highest BCUT2D eigenvalue weighted by atomic mass is 16.5. The van der Waals surface area contributed by atoms with Crippen LogP contribution in [0.2, 0.25) is 0 Å². The molecule has 0 amide bonds. The van der Waals surface area contributed by atoms with Gasteiger partial charge in [0.15, 0.2) is 5.76 Å². The van der Waals surface area contributed by atoms with Crippen molar-refractivity contribution in [1.82, 2.24) is 15.0 Å². The third kappa shape index (κ3) is 4.63. The second kappa shape index (κ2) is 8.19. The average molecular weight is 348 g/mol. The van der Waals surface area contributed by atoms with Gasteiger partial charge in [-0.05, 0) is 38.0 Å². The standard InChI is InChI=1S/C20H33N3O2/c24-11-8-18-14-22(9-10-23(18)13-16-6-7-16)15-19-12-20(21-25-19)17-4-2-1-3-5-17/h12,16-18,24H,1-11,13-15H2. The molecule has 1 saturated heterocycles. The fourth-order valence-electron chi connectivity index (χ4n) is 4.61. The quantitative estimate of drug-likeness (QED) is 0.822. The summed E-state index contributed by atoms with van der Waals surface area (Å²) in [6.45, 7) is 5.62. The van der Waals surface area contributed by atoms with Gasteiger partial charge in [0.1, 0.15) is 0 Å². The zero-order chi connectivity index (χ0) is 17.1. The van der Waals surface area contributed by atoms with Gasteiger partial charge in [-0.25, -0.2) is 0 Å². The monoisotopic (exact) mass is 347 g/mol. The molecule has 5 nitrogen and oxygen atoms in total. The highest BCUT2D eigenvalue weighted by molar-refractivity contribution is 5.11. The lowest BCUT2D eigenvalue weighted by molar-refractivity contribution is 0.0480. The molecule has 140 valence electrons. The lowest BCUT2D eigenvalue weighted by atomic mass is 9.87. The van der Waals surface area contributed by atoms with Crippen molar-refractivity contribution in [2.75, 3.05) is 32.8 Å². The van der Waals surface area contributed by atoms with Gasteiger partial charge in [0.25, 0.3) is 0 Å². The molecule has 0 spiro atoms. The van der Waals surface area contributed by atoms with Crippen LogP contribution >= 0.6 is 0 Å². The van der Waals surface area contributed by atoms with Crippen LogP contribution in [0, 0.1) is 5.92 Å². The molecule has 1 atom stereocenters. The van der Waals surface area contributed by atoms with Gasteiger partial charge < -0.3 is 9.63 Å². The van der Waals surface area contributed by atoms with Crippen LogP contribution < -0.4 is 0 Å². The Kier molecular flexibility index (Phi) is 5.73. The minimum atomic E-state index is 0.286. The highest BCUT2D eigenvalue weighted by Gasteiger charge is 2.32. The summed E-state index contributed by atoms with van der Waals surface area (Å²) < 4.78 is 5.66. The normalized spacial score (nSPS) is 27.0. The van der Waals surface area contributed by atoms with E-state index in [-0.39, 0.29) is 6.61 Å². The number of rotatable bonds is 7. The zero-order valence-corrected chi connectivity index (χ0v) is 15.4. The minimum Gasteiger partial charge on any atom is -0.396 e. The van der Waals surface area contributed by atoms with E-state index in [1.807, 2.05) is 0 Å². The number of hydrogen-bond donors (Lipinski definition) is 1. The molecule has 3 fully saturated rings. The SMILES string of the molecule is OCCC1CN(Cc2cc(C3CCCCC3)no2)CCN1CC1CC1. The third-order valence-electron chi connectivity index (χ3n) is 6.32. The molecule has 1 aliphatic heterocycles. The van der Waals surface area contributed by atoms with E-state index in [2.05, 4.69) is 21.0 Å². The largest absolute Gasteiger partial charge is 0.396 e. The highest BCUT2D eigenvalue weighted by Crippen LogP contribution is 2.33. The van der Waals surface area contributed by atoms with Crippen molar-refractivity contribution in [2.24, 2.45) is 5.92 Å². The van der Waals surface area contributed by atoms with Gasteiger partial charge in [0, 0.05) is 50.8 Å². The first-order valence-corrected chi connectivity index (χ1v) is 10.3. The summed E-state index contributed by atoms with van der Waals surface area (Å²) in [5.74, 6) is 2.54. The number of piperazine rings is 1. The van der Waals surface area contributed by atoms with Gasteiger partial charge >= 0.3 is 0 Å². The van der Waals surface area contributed by atoms with Crippen LogP contribution in [-0.4, -0.2) is 58.9 Å². The first-order chi connectivity index (χ1) is 12.3. The van der Waals surface area contributed by atoms with Gasteiger partial charge in [-0.1, -0.05) is 24.4 Å². The topological polar surface area (TPSA) is 52.7 Å². The summed E-state index contributed by atoms with van der Waals surface area (Å²) in [6.07, 6.45) is 10.2.